The first-order valence-corrected chi connectivity index (χ1v) is 12.3. The molecule has 1 aliphatic carbocycles. The molecule has 8 heteroatoms. The number of aliphatic hydroxyl groups excluding tert-OH is 1. The standard InChI is InChI=1S/C25H33ClFN3O3/c26-20-5-3-19(17-21(20)27)4-6-23(32)30-13-7-24(33)29(15-16-30)12-2-1-11-28-14-10-25(8-9-25)22(31)18-28/h3-6,17,22,31H,1-2,7-16,18H2/b6-4+. The molecular weight excluding hydrogens is 445 g/mol. The Bertz CT molecular complexity index is 905. The van der Waals surface area contributed by atoms with Gasteiger partial charge in [-0.05, 0) is 74.4 Å². The Morgan fingerprint density at radius 2 is 1.94 bits per heavy atom. The van der Waals surface area contributed by atoms with Crippen LogP contribution in [0.25, 0.3) is 6.08 Å². The van der Waals surface area contributed by atoms with E-state index in [1.165, 1.54) is 31.1 Å². The van der Waals surface area contributed by atoms with E-state index in [0.717, 1.165) is 38.9 Å². The van der Waals surface area contributed by atoms with Crippen molar-refractivity contribution in [3.8, 4) is 0 Å². The van der Waals surface area contributed by atoms with Crippen molar-refractivity contribution in [2.75, 3.05) is 45.8 Å². The molecule has 1 spiro atoms. The molecule has 2 amide bonds. The Morgan fingerprint density at radius 1 is 1.15 bits per heavy atom. The van der Waals surface area contributed by atoms with Crippen molar-refractivity contribution in [2.24, 2.45) is 5.41 Å². The minimum absolute atomic E-state index is 0.0461. The number of halogens is 2. The minimum atomic E-state index is -0.523. The molecule has 2 saturated heterocycles. The fourth-order valence-corrected chi connectivity index (χ4v) is 4.99. The first kappa shape index (κ1) is 24.2. The van der Waals surface area contributed by atoms with E-state index in [1.54, 1.807) is 17.0 Å². The Labute approximate surface area is 200 Å². The fraction of sp³-hybridized carbons (Fsp3) is 0.600. The van der Waals surface area contributed by atoms with E-state index >= 15 is 0 Å². The monoisotopic (exact) mass is 477 g/mol. The highest BCUT2D eigenvalue weighted by Gasteiger charge is 2.50. The summed E-state index contributed by atoms with van der Waals surface area (Å²) in [6.07, 6.45) is 8.47. The van der Waals surface area contributed by atoms with Crippen LogP contribution in [0, 0.1) is 11.2 Å². The van der Waals surface area contributed by atoms with Crippen molar-refractivity contribution in [1.82, 2.24) is 14.7 Å². The Morgan fingerprint density at radius 3 is 2.67 bits per heavy atom. The second kappa shape index (κ2) is 10.5. The minimum Gasteiger partial charge on any atom is -0.391 e. The Kier molecular flexibility index (Phi) is 7.72. The number of amides is 2. The molecule has 1 aromatic rings. The number of nitrogens with zero attached hydrogens (tertiary/aromatic N) is 3. The third kappa shape index (κ3) is 6.14. The summed E-state index contributed by atoms with van der Waals surface area (Å²) in [5.74, 6) is -0.624. The largest absolute Gasteiger partial charge is 0.391 e. The van der Waals surface area contributed by atoms with Crippen LogP contribution in [0.1, 0.15) is 44.1 Å². The maximum absolute atomic E-state index is 13.6. The maximum atomic E-state index is 13.6. The molecule has 2 heterocycles. The fourth-order valence-electron chi connectivity index (χ4n) is 4.87. The number of hydrogen-bond acceptors (Lipinski definition) is 4. The molecule has 1 aromatic carbocycles. The SMILES string of the molecule is O=C(/C=C/c1ccc(Cl)c(F)c1)N1CCC(=O)N(CCCCN2CCC3(CC3)C(O)C2)CC1. The zero-order chi connectivity index (χ0) is 23.4. The summed E-state index contributed by atoms with van der Waals surface area (Å²) in [6, 6.07) is 4.40. The molecule has 0 aromatic heterocycles. The van der Waals surface area contributed by atoms with Crippen molar-refractivity contribution in [3.63, 3.8) is 0 Å². The van der Waals surface area contributed by atoms with Gasteiger partial charge in [0.2, 0.25) is 11.8 Å². The predicted octanol–water partition coefficient (Wildman–Crippen LogP) is 3.18. The van der Waals surface area contributed by atoms with Crippen molar-refractivity contribution in [3.05, 3.63) is 40.7 Å². The summed E-state index contributed by atoms with van der Waals surface area (Å²) in [4.78, 5) is 31.0. The first-order chi connectivity index (χ1) is 15.9. The van der Waals surface area contributed by atoms with Crippen molar-refractivity contribution < 1.29 is 19.1 Å². The number of aliphatic hydroxyl groups is 1. The number of likely N-dealkylation sites (tertiary alicyclic amines) is 1. The van der Waals surface area contributed by atoms with E-state index in [2.05, 4.69) is 4.90 Å². The van der Waals surface area contributed by atoms with Gasteiger partial charge in [-0.3, -0.25) is 9.59 Å². The van der Waals surface area contributed by atoms with E-state index in [9.17, 15) is 19.1 Å². The molecule has 4 rings (SSSR count). The van der Waals surface area contributed by atoms with Crippen LogP contribution < -0.4 is 0 Å². The summed E-state index contributed by atoms with van der Waals surface area (Å²) >= 11 is 5.69. The number of carbonyl (C=O) groups is 2. The molecule has 3 aliphatic rings. The van der Waals surface area contributed by atoms with Crippen LogP contribution in [0.4, 0.5) is 4.39 Å². The topological polar surface area (TPSA) is 64.1 Å². The van der Waals surface area contributed by atoms with Crippen molar-refractivity contribution >= 4 is 29.5 Å². The number of β-amino-alcohol motifs (C(OH)–C–C–N with tert-alkyl or cyclic N) is 1. The van der Waals surface area contributed by atoms with Gasteiger partial charge >= 0.3 is 0 Å². The van der Waals surface area contributed by atoms with Gasteiger partial charge in [-0.15, -0.1) is 0 Å². The number of hydrogen-bond donors (Lipinski definition) is 1. The first-order valence-electron chi connectivity index (χ1n) is 12.0. The Hall–Kier alpha value is -1.96. The Balaban J connectivity index is 1.18. The van der Waals surface area contributed by atoms with Crippen molar-refractivity contribution in [1.29, 1.82) is 0 Å². The van der Waals surface area contributed by atoms with Gasteiger partial charge in [0.05, 0.1) is 11.1 Å². The van der Waals surface area contributed by atoms with E-state index in [1.807, 2.05) is 4.90 Å². The molecule has 33 heavy (non-hydrogen) atoms. The number of rotatable bonds is 7. The predicted molar refractivity (Wildman–Crippen MR) is 126 cm³/mol. The average Bonchev–Trinajstić information content (AvgIpc) is 3.60. The molecule has 180 valence electrons. The van der Waals surface area contributed by atoms with Gasteiger partial charge in [-0.2, -0.15) is 0 Å². The second-order valence-electron chi connectivity index (χ2n) is 9.60. The normalized spacial score (nSPS) is 23.4. The molecule has 2 aliphatic heterocycles. The number of benzene rings is 1. The summed E-state index contributed by atoms with van der Waals surface area (Å²) < 4.78 is 13.6. The van der Waals surface area contributed by atoms with E-state index in [4.69, 9.17) is 11.6 Å². The quantitative estimate of drug-likeness (QED) is 0.484. The van der Waals surface area contributed by atoms with Gasteiger partial charge in [0, 0.05) is 45.2 Å². The lowest BCUT2D eigenvalue weighted by Crippen LogP contribution is -2.45. The summed E-state index contributed by atoms with van der Waals surface area (Å²) in [5, 5.41) is 10.4. The highest BCUT2D eigenvalue weighted by Crippen LogP contribution is 2.53. The van der Waals surface area contributed by atoms with Gasteiger partial charge in [-0.1, -0.05) is 17.7 Å². The van der Waals surface area contributed by atoms with Crippen LogP contribution in [0.15, 0.2) is 24.3 Å². The molecule has 0 radical (unpaired) electrons. The van der Waals surface area contributed by atoms with Crippen LogP contribution >= 0.6 is 11.6 Å². The van der Waals surface area contributed by atoms with E-state index in [0.29, 0.717) is 38.2 Å². The molecule has 3 fully saturated rings. The smallest absolute Gasteiger partial charge is 0.246 e. The summed E-state index contributed by atoms with van der Waals surface area (Å²) in [6.45, 7) is 4.89. The van der Waals surface area contributed by atoms with Crippen LogP contribution in [0.3, 0.4) is 0 Å². The number of carbonyl (C=O) groups excluding carboxylic acids is 2. The molecule has 1 N–H and O–H groups in total. The van der Waals surface area contributed by atoms with Crippen LogP contribution in [-0.4, -0.2) is 83.5 Å². The van der Waals surface area contributed by atoms with E-state index < -0.39 is 5.82 Å². The number of piperidine rings is 1. The lowest BCUT2D eigenvalue weighted by molar-refractivity contribution is -0.130. The third-order valence-corrected chi connectivity index (χ3v) is 7.68. The zero-order valence-corrected chi connectivity index (χ0v) is 19.8. The number of unbranched alkanes of at least 4 members (excludes halogenated alkanes) is 1. The maximum Gasteiger partial charge on any atom is 0.246 e. The van der Waals surface area contributed by atoms with Crippen LogP contribution in [0.5, 0.6) is 0 Å². The molecule has 1 saturated carbocycles. The lowest BCUT2D eigenvalue weighted by Gasteiger charge is -2.36. The van der Waals surface area contributed by atoms with Gasteiger partial charge in [0.25, 0.3) is 0 Å². The molecule has 0 bridgehead atoms. The van der Waals surface area contributed by atoms with Gasteiger partial charge < -0.3 is 19.8 Å². The third-order valence-electron chi connectivity index (χ3n) is 7.37. The highest BCUT2D eigenvalue weighted by molar-refractivity contribution is 6.30. The molecule has 1 unspecified atom stereocenters. The molecular formula is C25H33ClFN3O3. The second-order valence-corrected chi connectivity index (χ2v) is 10.0. The zero-order valence-electron chi connectivity index (χ0n) is 19.0. The molecule has 6 nitrogen and oxygen atoms in total. The van der Waals surface area contributed by atoms with Gasteiger partial charge in [0.1, 0.15) is 5.82 Å². The van der Waals surface area contributed by atoms with Crippen LogP contribution in [0.2, 0.25) is 5.02 Å². The average molecular weight is 478 g/mol. The van der Waals surface area contributed by atoms with Crippen molar-refractivity contribution in [2.45, 2.75) is 44.6 Å². The summed E-state index contributed by atoms with van der Waals surface area (Å²) in [7, 11) is 0. The lowest BCUT2D eigenvalue weighted by atomic mass is 9.90. The van der Waals surface area contributed by atoms with Gasteiger partial charge in [-0.25, -0.2) is 4.39 Å². The summed E-state index contributed by atoms with van der Waals surface area (Å²) in [5.41, 5.74) is 0.796. The van der Waals surface area contributed by atoms with Crippen LogP contribution in [-0.2, 0) is 9.59 Å². The van der Waals surface area contributed by atoms with E-state index in [-0.39, 0.29) is 28.4 Å². The molecule has 1 atom stereocenters. The van der Waals surface area contributed by atoms with Gasteiger partial charge in [0.15, 0.2) is 0 Å². The highest BCUT2D eigenvalue weighted by atomic mass is 35.5.